The second-order valence-corrected chi connectivity index (χ2v) is 14.7. The van der Waals surface area contributed by atoms with Crippen LogP contribution >= 0.6 is 23.2 Å². The van der Waals surface area contributed by atoms with E-state index in [0.717, 1.165) is 82.3 Å². The van der Waals surface area contributed by atoms with Gasteiger partial charge in [-0.2, -0.15) is 0 Å². The Morgan fingerprint density at radius 2 is 1.50 bits per heavy atom. The minimum atomic E-state index is -0.652. The second-order valence-electron chi connectivity index (χ2n) is 13.9. The predicted octanol–water partition coefficient (Wildman–Crippen LogP) is 6.35. The molecule has 256 valence electrons. The molecule has 7 nitrogen and oxygen atoms in total. The molecule has 2 amide bonds. The Morgan fingerprint density at radius 3 is 2.17 bits per heavy atom. The number of ether oxygens (including phenoxy) is 1. The Kier molecular flexibility index (Phi) is 11.4. The molecule has 3 heterocycles. The molecule has 3 aromatic carbocycles. The van der Waals surface area contributed by atoms with Crippen LogP contribution in [0.1, 0.15) is 55.2 Å². The number of rotatable bonds is 11. The van der Waals surface area contributed by atoms with Crippen molar-refractivity contribution >= 4 is 35.0 Å². The average Bonchev–Trinajstić information content (AvgIpc) is 3.12. The molecule has 2 N–H and O–H groups in total. The number of nitrogens with two attached hydrogens (primary N) is 1. The Hall–Kier alpha value is -2.94. The molecule has 0 spiro atoms. The fraction of sp³-hybridized carbons (Fsp3) is 0.487. The molecule has 3 saturated heterocycles. The number of morpholine rings is 1. The largest absolute Gasteiger partial charge is 0.378 e. The van der Waals surface area contributed by atoms with E-state index >= 15 is 0 Å². The molecule has 3 aliphatic heterocycles. The van der Waals surface area contributed by atoms with Gasteiger partial charge >= 0.3 is 0 Å². The van der Waals surface area contributed by atoms with E-state index < -0.39 is 11.5 Å². The number of hydrogen-bond donors (Lipinski definition) is 1. The van der Waals surface area contributed by atoms with Crippen molar-refractivity contribution < 1.29 is 14.3 Å². The van der Waals surface area contributed by atoms with Crippen molar-refractivity contribution in [2.24, 2.45) is 11.1 Å². The third-order valence-electron chi connectivity index (χ3n) is 11.0. The van der Waals surface area contributed by atoms with Crippen molar-refractivity contribution in [1.29, 1.82) is 0 Å². The van der Waals surface area contributed by atoms with E-state index in [0.29, 0.717) is 42.9 Å². The zero-order chi connectivity index (χ0) is 33.6. The molecule has 2 unspecified atom stereocenters. The van der Waals surface area contributed by atoms with Gasteiger partial charge in [0.2, 0.25) is 11.8 Å². The zero-order valence-electron chi connectivity index (χ0n) is 27.8. The molecule has 9 heteroatoms. The minimum absolute atomic E-state index is 0.0436. The van der Waals surface area contributed by atoms with Crippen molar-refractivity contribution in [3.05, 3.63) is 106 Å². The molecular weight excluding hydrogens is 643 g/mol. The fourth-order valence-corrected chi connectivity index (χ4v) is 8.44. The zero-order valence-corrected chi connectivity index (χ0v) is 29.3. The van der Waals surface area contributed by atoms with Crippen molar-refractivity contribution in [3.63, 3.8) is 0 Å². The SMILES string of the molecule is NC(C(=O)N1CCOCC1)C1(Cc2ccccc2)CCN(CCCC2(c3ccc(Cl)c(Cl)c3)CCCN(Cc3ccccc3)C2=O)CC1. The summed E-state index contributed by atoms with van der Waals surface area (Å²) in [5.41, 5.74) is 9.26. The Bertz CT molecular complexity index is 1530. The summed E-state index contributed by atoms with van der Waals surface area (Å²) in [4.78, 5) is 34.5. The van der Waals surface area contributed by atoms with Crippen LogP contribution in [0.5, 0.6) is 0 Å². The van der Waals surface area contributed by atoms with Crippen LogP contribution in [-0.4, -0.2) is 85.0 Å². The van der Waals surface area contributed by atoms with Crippen LogP contribution in [0.15, 0.2) is 78.9 Å². The number of amides is 2. The van der Waals surface area contributed by atoms with Crippen LogP contribution in [0.25, 0.3) is 0 Å². The maximum atomic E-state index is 14.4. The van der Waals surface area contributed by atoms with E-state index in [1.54, 1.807) is 0 Å². The number of carbonyl (C=O) groups excluding carboxylic acids is 2. The van der Waals surface area contributed by atoms with E-state index in [2.05, 4.69) is 41.3 Å². The summed E-state index contributed by atoms with van der Waals surface area (Å²) in [5, 5.41) is 0.979. The average molecular weight is 692 g/mol. The van der Waals surface area contributed by atoms with Crippen LogP contribution in [0, 0.1) is 5.41 Å². The number of piperidine rings is 2. The van der Waals surface area contributed by atoms with Gasteiger partial charge in [0.25, 0.3) is 0 Å². The molecular formula is C39H48Cl2N4O3. The van der Waals surface area contributed by atoms with Gasteiger partial charge in [-0.15, -0.1) is 0 Å². The minimum Gasteiger partial charge on any atom is -0.378 e. The van der Waals surface area contributed by atoms with Crippen molar-refractivity contribution in [1.82, 2.24) is 14.7 Å². The number of benzene rings is 3. The van der Waals surface area contributed by atoms with Gasteiger partial charge in [0, 0.05) is 31.6 Å². The van der Waals surface area contributed by atoms with Gasteiger partial charge < -0.3 is 25.2 Å². The van der Waals surface area contributed by atoms with Crippen molar-refractivity contribution in [3.8, 4) is 0 Å². The van der Waals surface area contributed by atoms with Crippen molar-refractivity contribution in [2.75, 3.05) is 52.5 Å². The summed E-state index contributed by atoms with van der Waals surface area (Å²) in [7, 11) is 0. The van der Waals surface area contributed by atoms with Crippen molar-refractivity contribution in [2.45, 2.75) is 62.9 Å². The monoisotopic (exact) mass is 690 g/mol. The molecule has 48 heavy (non-hydrogen) atoms. The van der Waals surface area contributed by atoms with Crippen LogP contribution in [-0.2, 0) is 32.7 Å². The molecule has 3 aliphatic rings. The number of likely N-dealkylation sites (tertiary alicyclic amines) is 2. The molecule has 3 aromatic rings. The maximum Gasteiger partial charge on any atom is 0.240 e. The van der Waals surface area contributed by atoms with Gasteiger partial charge in [0.1, 0.15) is 0 Å². The number of halogens is 2. The van der Waals surface area contributed by atoms with Gasteiger partial charge in [-0.05, 0) is 93.4 Å². The van der Waals surface area contributed by atoms with Gasteiger partial charge in [0.05, 0.1) is 34.7 Å². The highest BCUT2D eigenvalue weighted by Gasteiger charge is 2.47. The van der Waals surface area contributed by atoms with Crippen LogP contribution in [0.3, 0.4) is 0 Å². The van der Waals surface area contributed by atoms with Crippen LogP contribution < -0.4 is 5.73 Å². The molecule has 0 radical (unpaired) electrons. The van der Waals surface area contributed by atoms with E-state index in [9.17, 15) is 9.59 Å². The summed E-state index contributed by atoms with van der Waals surface area (Å²) in [6, 6.07) is 25.8. The summed E-state index contributed by atoms with van der Waals surface area (Å²) in [5.74, 6) is 0.214. The smallest absolute Gasteiger partial charge is 0.240 e. The van der Waals surface area contributed by atoms with Crippen LogP contribution in [0.4, 0.5) is 0 Å². The fourth-order valence-electron chi connectivity index (χ4n) is 8.14. The highest BCUT2D eigenvalue weighted by atomic mass is 35.5. The molecule has 0 saturated carbocycles. The van der Waals surface area contributed by atoms with Gasteiger partial charge in [-0.25, -0.2) is 0 Å². The number of nitrogens with zero attached hydrogens (tertiary/aromatic N) is 3. The van der Waals surface area contributed by atoms with Crippen LogP contribution in [0.2, 0.25) is 10.0 Å². The lowest BCUT2D eigenvalue weighted by Gasteiger charge is -2.47. The van der Waals surface area contributed by atoms with E-state index in [1.807, 2.05) is 52.3 Å². The molecule has 0 aliphatic carbocycles. The maximum absolute atomic E-state index is 14.4. The molecule has 2 atom stereocenters. The Morgan fingerprint density at radius 1 is 0.833 bits per heavy atom. The first-order chi connectivity index (χ1) is 23.3. The van der Waals surface area contributed by atoms with Gasteiger partial charge in [-0.3, -0.25) is 9.59 Å². The van der Waals surface area contributed by atoms with E-state index in [4.69, 9.17) is 33.7 Å². The quantitative estimate of drug-likeness (QED) is 0.254. The first kappa shape index (κ1) is 34.9. The standard InChI is InChI=1S/C39H48Cl2N4O3/c40-33-14-13-32(27-34(33)41)39(16-8-20-45(37(39)47)29-31-11-5-2-6-12-31)15-7-19-43-21-17-38(18-22-43,28-30-9-3-1-4-10-30)35(42)36(46)44-23-25-48-26-24-44/h1-6,9-14,27,35H,7-8,15-26,28-29,42H2. The summed E-state index contributed by atoms with van der Waals surface area (Å²) < 4.78 is 5.50. The lowest BCUT2D eigenvalue weighted by atomic mass is 9.68. The Balaban J connectivity index is 1.15. The highest BCUT2D eigenvalue weighted by molar-refractivity contribution is 6.42. The lowest BCUT2D eigenvalue weighted by Crippen LogP contribution is -2.59. The topological polar surface area (TPSA) is 79.1 Å². The first-order valence-electron chi connectivity index (χ1n) is 17.5. The second kappa shape index (κ2) is 15.7. The molecule has 6 rings (SSSR count). The highest BCUT2D eigenvalue weighted by Crippen LogP contribution is 2.43. The van der Waals surface area contributed by atoms with Gasteiger partial charge in [0.15, 0.2) is 0 Å². The van der Waals surface area contributed by atoms with E-state index in [-0.39, 0.29) is 17.2 Å². The third-order valence-corrected chi connectivity index (χ3v) is 11.7. The van der Waals surface area contributed by atoms with Gasteiger partial charge in [-0.1, -0.05) is 89.9 Å². The molecule has 0 aromatic heterocycles. The predicted molar refractivity (Wildman–Crippen MR) is 192 cm³/mol. The normalized spacial score (nSPS) is 22.4. The summed E-state index contributed by atoms with van der Waals surface area (Å²) in [6.45, 7) is 6.28. The number of carbonyl (C=O) groups is 2. The lowest BCUT2D eigenvalue weighted by molar-refractivity contribution is -0.142. The Labute approximate surface area is 295 Å². The summed E-state index contributed by atoms with van der Waals surface area (Å²) in [6.07, 6.45) is 5.80. The first-order valence-corrected chi connectivity index (χ1v) is 18.2. The third kappa shape index (κ3) is 7.76. The number of hydrogen-bond acceptors (Lipinski definition) is 5. The molecule has 3 fully saturated rings. The van der Waals surface area contributed by atoms with E-state index in [1.165, 1.54) is 5.56 Å². The molecule has 0 bridgehead atoms. The summed E-state index contributed by atoms with van der Waals surface area (Å²) >= 11 is 12.9.